The topological polar surface area (TPSA) is 92.3 Å². The first-order valence-corrected chi connectivity index (χ1v) is 10.2. The monoisotopic (exact) mass is 424 g/mol. The Hall–Kier alpha value is -3.39. The van der Waals surface area contributed by atoms with Gasteiger partial charge in [-0.25, -0.2) is 9.78 Å². The Morgan fingerprint density at radius 1 is 0.933 bits per heavy atom. The zero-order chi connectivity index (χ0) is 21.8. The summed E-state index contributed by atoms with van der Waals surface area (Å²) in [6, 6.07) is 10.6. The molecule has 0 unspecified atom stereocenters. The van der Waals surface area contributed by atoms with Gasteiger partial charge in [-0.2, -0.15) is 0 Å². The molecule has 0 aliphatic heterocycles. The van der Waals surface area contributed by atoms with Gasteiger partial charge in [-0.15, -0.1) is 0 Å². The molecular formula is C22H24N4O3S. The number of thiazole rings is 1. The van der Waals surface area contributed by atoms with Crippen molar-refractivity contribution in [2.75, 3.05) is 23.1 Å². The van der Waals surface area contributed by atoms with Gasteiger partial charge in [0.05, 0.1) is 12.8 Å². The average molecular weight is 425 g/mol. The van der Waals surface area contributed by atoms with Crippen molar-refractivity contribution in [3.05, 3.63) is 63.7 Å². The third kappa shape index (κ3) is 4.96. The van der Waals surface area contributed by atoms with Gasteiger partial charge < -0.3 is 15.4 Å². The lowest BCUT2D eigenvalue weighted by molar-refractivity contribution is 0.102. The zero-order valence-electron chi connectivity index (χ0n) is 17.5. The molecule has 156 valence electrons. The number of benzene rings is 2. The summed E-state index contributed by atoms with van der Waals surface area (Å²) in [5, 5.41) is 8.72. The van der Waals surface area contributed by atoms with E-state index in [4.69, 9.17) is 4.74 Å². The molecule has 0 saturated heterocycles. The van der Waals surface area contributed by atoms with Crippen molar-refractivity contribution in [3.8, 4) is 5.75 Å². The molecule has 30 heavy (non-hydrogen) atoms. The summed E-state index contributed by atoms with van der Waals surface area (Å²) < 4.78 is 5.10. The molecule has 0 aliphatic carbocycles. The highest BCUT2D eigenvalue weighted by molar-refractivity contribution is 7.17. The van der Waals surface area contributed by atoms with Crippen LogP contribution < -0.4 is 20.7 Å². The van der Waals surface area contributed by atoms with Crippen molar-refractivity contribution < 1.29 is 14.3 Å². The van der Waals surface area contributed by atoms with Gasteiger partial charge in [0, 0.05) is 11.4 Å². The van der Waals surface area contributed by atoms with Crippen LogP contribution in [0.1, 0.15) is 32.1 Å². The minimum absolute atomic E-state index is 0.247. The number of rotatable bonds is 5. The van der Waals surface area contributed by atoms with E-state index in [9.17, 15) is 9.59 Å². The van der Waals surface area contributed by atoms with Crippen LogP contribution in [0.4, 0.5) is 21.3 Å². The van der Waals surface area contributed by atoms with Gasteiger partial charge in [0.15, 0.2) is 5.13 Å². The number of anilines is 3. The van der Waals surface area contributed by atoms with Crippen LogP contribution >= 0.6 is 11.3 Å². The van der Waals surface area contributed by atoms with E-state index < -0.39 is 6.03 Å². The van der Waals surface area contributed by atoms with Gasteiger partial charge in [0.1, 0.15) is 10.6 Å². The van der Waals surface area contributed by atoms with Crippen molar-refractivity contribution in [2.24, 2.45) is 0 Å². The minimum Gasteiger partial charge on any atom is -0.497 e. The van der Waals surface area contributed by atoms with E-state index in [2.05, 4.69) is 20.9 Å². The van der Waals surface area contributed by atoms with E-state index in [-0.39, 0.29) is 5.91 Å². The fraction of sp³-hybridized carbons (Fsp3) is 0.227. The maximum Gasteiger partial charge on any atom is 0.325 e. The molecule has 0 bridgehead atoms. The lowest BCUT2D eigenvalue weighted by atomic mass is 10.1. The third-order valence-corrected chi connectivity index (χ3v) is 5.56. The summed E-state index contributed by atoms with van der Waals surface area (Å²) in [5.74, 6) is 0.454. The molecule has 0 spiro atoms. The number of ether oxygens (including phenoxy) is 1. The van der Waals surface area contributed by atoms with Gasteiger partial charge in [-0.1, -0.05) is 29.0 Å². The molecule has 7 nitrogen and oxygen atoms in total. The standard InChI is InChI=1S/C22H24N4O3S/c1-12-10-13(2)18(14(3)11-12)25-20(27)19-15(4)23-22(30-19)26-21(28)24-16-6-8-17(29-5)9-7-16/h6-11H,1-5H3,(H,25,27)(H2,23,24,26,28). The number of urea groups is 1. The molecule has 1 aromatic heterocycles. The molecule has 0 aliphatic rings. The van der Waals surface area contributed by atoms with Crippen LogP contribution in [-0.4, -0.2) is 24.0 Å². The maximum absolute atomic E-state index is 12.8. The number of aryl methyl sites for hydroxylation is 4. The van der Waals surface area contributed by atoms with Crippen LogP contribution in [0.25, 0.3) is 0 Å². The Bertz CT molecular complexity index is 1070. The van der Waals surface area contributed by atoms with E-state index in [0.717, 1.165) is 33.7 Å². The number of nitrogens with zero attached hydrogens (tertiary/aromatic N) is 1. The quantitative estimate of drug-likeness (QED) is 0.519. The number of nitrogens with one attached hydrogen (secondary N) is 3. The van der Waals surface area contributed by atoms with E-state index in [1.165, 1.54) is 0 Å². The van der Waals surface area contributed by atoms with E-state index in [1.54, 1.807) is 38.3 Å². The van der Waals surface area contributed by atoms with Gasteiger partial charge >= 0.3 is 6.03 Å². The molecule has 1 heterocycles. The smallest absolute Gasteiger partial charge is 0.325 e. The highest BCUT2D eigenvalue weighted by Gasteiger charge is 2.18. The fourth-order valence-corrected chi connectivity index (χ4v) is 4.00. The molecule has 3 aromatic rings. The van der Waals surface area contributed by atoms with Crippen LogP contribution in [0.15, 0.2) is 36.4 Å². The zero-order valence-corrected chi connectivity index (χ0v) is 18.4. The predicted octanol–water partition coefficient (Wildman–Crippen LogP) is 5.28. The Kier molecular flexibility index (Phi) is 6.37. The van der Waals surface area contributed by atoms with Crippen molar-refractivity contribution in [2.45, 2.75) is 27.7 Å². The molecule has 2 aromatic carbocycles. The lowest BCUT2D eigenvalue weighted by Gasteiger charge is -2.12. The highest BCUT2D eigenvalue weighted by Crippen LogP contribution is 2.27. The van der Waals surface area contributed by atoms with E-state index >= 15 is 0 Å². The Balaban J connectivity index is 1.68. The van der Waals surface area contributed by atoms with Crippen LogP contribution in [0.5, 0.6) is 5.75 Å². The van der Waals surface area contributed by atoms with Gasteiger partial charge in [-0.3, -0.25) is 10.1 Å². The van der Waals surface area contributed by atoms with Gasteiger partial charge in [0.25, 0.3) is 5.91 Å². The van der Waals surface area contributed by atoms with E-state index in [1.807, 2.05) is 32.9 Å². The first kappa shape index (κ1) is 21.3. The normalized spacial score (nSPS) is 10.4. The second-order valence-corrected chi connectivity index (χ2v) is 7.97. The minimum atomic E-state index is -0.439. The van der Waals surface area contributed by atoms with Gasteiger partial charge in [0.2, 0.25) is 0 Å². The van der Waals surface area contributed by atoms with Crippen LogP contribution in [-0.2, 0) is 0 Å². The molecule has 8 heteroatoms. The number of aromatic nitrogens is 1. The Morgan fingerprint density at radius 3 is 2.17 bits per heavy atom. The summed E-state index contributed by atoms with van der Waals surface area (Å²) >= 11 is 1.13. The highest BCUT2D eigenvalue weighted by atomic mass is 32.1. The lowest BCUT2D eigenvalue weighted by Crippen LogP contribution is -2.19. The molecule has 0 saturated carbocycles. The predicted molar refractivity (Wildman–Crippen MR) is 121 cm³/mol. The number of hydrogen-bond donors (Lipinski definition) is 3. The first-order chi connectivity index (χ1) is 14.3. The summed E-state index contributed by atoms with van der Waals surface area (Å²) in [5.41, 5.74) is 5.11. The SMILES string of the molecule is COc1ccc(NC(=O)Nc2nc(C)c(C(=O)Nc3c(C)cc(C)cc3C)s2)cc1. The van der Waals surface area contributed by atoms with Crippen molar-refractivity contribution in [1.29, 1.82) is 0 Å². The maximum atomic E-state index is 12.8. The summed E-state index contributed by atoms with van der Waals surface area (Å²) in [6.45, 7) is 7.69. The number of hydrogen-bond acceptors (Lipinski definition) is 5. The Labute approximate surface area is 179 Å². The second kappa shape index (κ2) is 8.96. The second-order valence-electron chi connectivity index (χ2n) is 6.97. The molecule has 0 fully saturated rings. The van der Waals surface area contributed by atoms with Crippen molar-refractivity contribution in [1.82, 2.24) is 4.98 Å². The molecule has 3 amide bonds. The number of methoxy groups -OCH3 is 1. The molecule has 0 atom stereocenters. The molecular weight excluding hydrogens is 400 g/mol. The summed E-state index contributed by atoms with van der Waals surface area (Å²) in [6.07, 6.45) is 0. The number of amides is 3. The van der Waals surface area contributed by atoms with Crippen LogP contribution in [0.2, 0.25) is 0 Å². The van der Waals surface area contributed by atoms with Crippen molar-refractivity contribution in [3.63, 3.8) is 0 Å². The molecule has 3 N–H and O–H groups in total. The van der Waals surface area contributed by atoms with Crippen LogP contribution in [0.3, 0.4) is 0 Å². The van der Waals surface area contributed by atoms with E-state index in [0.29, 0.717) is 27.1 Å². The summed E-state index contributed by atoms with van der Waals surface area (Å²) in [4.78, 5) is 29.8. The fourth-order valence-electron chi connectivity index (χ4n) is 3.14. The number of carbonyl (C=O) groups is 2. The third-order valence-electron chi connectivity index (χ3n) is 4.49. The van der Waals surface area contributed by atoms with Crippen molar-refractivity contribution >= 4 is 39.8 Å². The number of carbonyl (C=O) groups excluding carboxylic acids is 2. The Morgan fingerprint density at radius 2 is 1.57 bits per heavy atom. The average Bonchev–Trinajstić information content (AvgIpc) is 3.05. The molecule has 0 radical (unpaired) electrons. The molecule has 3 rings (SSSR count). The van der Waals surface area contributed by atoms with Gasteiger partial charge in [-0.05, 0) is 63.1 Å². The summed E-state index contributed by atoms with van der Waals surface area (Å²) in [7, 11) is 1.58. The first-order valence-electron chi connectivity index (χ1n) is 9.35. The van der Waals surface area contributed by atoms with Crippen LogP contribution in [0, 0.1) is 27.7 Å². The largest absolute Gasteiger partial charge is 0.497 e.